The molecule has 0 bridgehead atoms. The van der Waals surface area contributed by atoms with Gasteiger partial charge in [-0.15, -0.1) is 0 Å². The second-order valence-corrected chi connectivity index (χ2v) is 4.61. The number of halogens is 2. The molecule has 0 radical (unpaired) electrons. The van der Waals surface area contributed by atoms with Gasteiger partial charge in [0.05, 0.1) is 18.2 Å². The molecule has 1 aromatic carbocycles. The van der Waals surface area contributed by atoms with Gasteiger partial charge in [0.1, 0.15) is 5.82 Å². The Morgan fingerprint density at radius 3 is 2.79 bits per heavy atom. The lowest BCUT2D eigenvalue weighted by molar-refractivity contribution is -0.144. The molecule has 0 saturated heterocycles. The van der Waals surface area contributed by atoms with E-state index in [-0.39, 0.29) is 17.5 Å². The van der Waals surface area contributed by atoms with Gasteiger partial charge in [0.2, 0.25) is 0 Å². The largest absolute Gasteiger partial charge is 0.465 e. The van der Waals surface area contributed by atoms with Gasteiger partial charge in [-0.1, -0.05) is 30.7 Å². The minimum atomic E-state index is -0.438. The first-order valence-corrected chi connectivity index (χ1v) is 6.77. The van der Waals surface area contributed by atoms with Gasteiger partial charge in [-0.3, -0.25) is 9.69 Å². The number of carbonyl (C=O) groups excluding carboxylic acids is 1. The molecular weight excluding hydrogens is 269 g/mol. The van der Waals surface area contributed by atoms with E-state index in [1.165, 1.54) is 6.07 Å². The lowest BCUT2D eigenvalue weighted by Crippen LogP contribution is -2.31. The highest BCUT2D eigenvalue weighted by molar-refractivity contribution is 6.31. The second-order valence-electron chi connectivity index (χ2n) is 4.23. The van der Waals surface area contributed by atoms with Gasteiger partial charge in [-0.05, 0) is 31.5 Å². The first kappa shape index (κ1) is 15.9. The minimum absolute atomic E-state index is 0.118. The van der Waals surface area contributed by atoms with Crippen LogP contribution in [0.2, 0.25) is 5.02 Å². The van der Waals surface area contributed by atoms with Crippen molar-refractivity contribution in [1.29, 1.82) is 0 Å². The van der Waals surface area contributed by atoms with Crippen LogP contribution in [0.1, 0.15) is 25.8 Å². The fourth-order valence-electron chi connectivity index (χ4n) is 1.83. The van der Waals surface area contributed by atoms with E-state index in [0.717, 1.165) is 13.0 Å². The lowest BCUT2D eigenvalue weighted by Gasteiger charge is -2.21. The van der Waals surface area contributed by atoms with E-state index in [4.69, 9.17) is 16.3 Å². The van der Waals surface area contributed by atoms with E-state index < -0.39 is 5.82 Å². The quantitative estimate of drug-likeness (QED) is 0.721. The van der Waals surface area contributed by atoms with E-state index in [9.17, 15) is 9.18 Å². The van der Waals surface area contributed by atoms with Crippen LogP contribution in [-0.2, 0) is 16.1 Å². The maximum atomic E-state index is 13.4. The van der Waals surface area contributed by atoms with E-state index in [1.54, 1.807) is 19.1 Å². The third-order valence-electron chi connectivity index (χ3n) is 2.62. The number of nitrogens with zero attached hydrogens (tertiary/aromatic N) is 1. The van der Waals surface area contributed by atoms with Crippen LogP contribution in [0.4, 0.5) is 4.39 Å². The zero-order valence-corrected chi connectivity index (χ0v) is 12.0. The van der Waals surface area contributed by atoms with Gasteiger partial charge in [-0.25, -0.2) is 4.39 Å². The van der Waals surface area contributed by atoms with Crippen molar-refractivity contribution >= 4 is 17.6 Å². The van der Waals surface area contributed by atoms with Gasteiger partial charge in [0.15, 0.2) is 0 Å². The second kappa shape index (κ2) is 8.12. The number of hydrogen-bond donors (Lipinski definition) is 0. The van der Waals surface area contributed by atoms with Crippen LogP contribution in [0.5, 0.6) is 0 Å². The Labute approximate surface area is 118 Å². The lowest BCUT2D eigenvalue weighted by atomic mass is 10.2. The van der Waals surface area contributed by atoms with Crippen molar-refractivity contribution in [1.82, 2.24) is 4.90 Å². The van der Waals surface area contributed by atoms with Crippen molar-refractivity contribution in [3.8, 4) is 0 Å². The average molecular weight is 288 g/mol. The fourth-order valence-corrected chi connectivity index (χ4v) is 2.02. The Hall–Kier alpha value is -1.13. The van der Waals surface area contributed by atoms with Gasteiger partial charge >= 0.3 is 5.97 Å². The van der Waals surface area contributed by atoms with Crippen LogP contribution < -0.4 is 0 Å². The first-order chi connectivity index (χ1) is 9.08. The molecule has 0 amide bonds. The summed E-state index contributed by atoms with van der Waals surface area (Å²) in [6.45, 7) is 5.50. The van der Waals surface area contributed by atoms with E-state index in [1.807, 2.05) is 11.8 Å². The van der Waals surface area contributed by atoms with Crippen LogP contribution in [0.25, 0.3) is 0 Å². The SMILES string of the molecule is CCCN(CC(=O)OCC)Cc1cccc(F)c1Cl. The molecular formula is C14H19ClFNO2. The molecule has 3 nitrogen and oxygen atoms in total. The summed E-state index contributed by atoms with van der Waals surface area (Å²) in [5.74, 6) is -0.713. The molecule has 0 heterocycles. The van der Waals surface area contributed by atoms with Crippen molar-refractivity contribution in [3.63, 3.8) is 0 Å². The molecule has 0 N–H and O–H groups in total. The monoisotopic (exact) mass is 287 g/mol. The summed E-state index contributed by atoms with van der Waals surface area (Å²) in [5.41, 5.74) is 0.680. The number of carbonyl (C=O) groups is 1. The minimum Gasteiger partial charge on any atom is -0.465 e. The summed E-state index contributed by atoms with van der Waals surface area (Å²) in [6, 6.07) is 4.70. The van der Waals surface area contributed by atoms with Gasteiger partial charge in [0.25, 0.3) is 0 Å². The Kier molecular flexibility index (Phi) is 6.81. The number of ether oxygens (including phenoxy) is 1. The maximum Gasteiger partial charge on any atom is 0.320 e. The zero-order chi connectivity index (χ0) is 14.3. The van der Waals surface area contributed by atoms with Crippen LogP contribution in [0, 0.1) is 5.82 Å². The fraction of sp³-hybridized carbons (Fsp3) is 0.500. The van der Waals surface area contributed by atoms with Crippen molar-refractivity contribution in [2.24, 2.45) is 0 Å². The number of hydrogen-bond acceptors (Lipinski definition) is 3. The zero-order valence-electron chi connectivity index (χ0n) is 11.3. The predicted octanol–water partition coefficient (Wildman–Crippen LogP) is 3.25. The summed E-state index contributed by atoms with van der Waals surface area (Å²) in [4.78, 5) is 13.4. The third kappa shape index (κ3) is 5.17. The summed E-state index contributed by atoms with van der Waals surface area (Å²) in [6.07, 6.45) is 0.895. The number of benzene rings is 1. The molecule has 0 aliphatic rings. The van der Waals surface area contributed by atoms with E-state index >= 15 is 0 Å². The van der Waals surface area contributed by atoms with Crippen molar-refractivity contribution in [2.75, 3.05) is 19.7 Å². The summed E-state index contributed by atoms with van der Waals surface area (Å²) >= 11 is 5.92. The van der Waals surface area contributed by atoms with E-state index in [0.29, 0.717) is 18.7 Å². The summed E-state index contributed by atoms with van der Waals surface area (Å²) < 4.78 is 18.3. The Bertz CT molecular complexity index is 426. The molecule has 0 spiro atoms. The molecule has 0 aliphatic heterocycles. The molecule has 106 valence electrons. The van der Waals surface area contributed by atoms with Gasteiger partial charge in [0, 0.05) is 6.54 Å². The summed E-state index contributed by atoms with van der Waals surface area (Å²) in [5, 5.41) is 0.118. The highest BCUT2D eigenvalue weighted by Gasteiger charge is 2.14. The van der Waals surface area contributed by atoms with Crippen molar-refractivity contribution in [3.05, 3.63) is 34.6 Å². The normalized spacial score (nSPS) is 10.8. The van der Waals surface area contributed by atoms with Gasteiger partial charge in [-0.2, -0.15) is 0 Å². The smallest absolute Gasteiger partial charge is 0.320 e. The highest BCUT2D eigenvalue weighted by atomic mass is 35.5. The van der Waals surface area contributed by atoms with Crippen molar-refractivity contribution in [2.45, 2.75) is 26.8 Å². The molecule has 0 aliphatic carbocycles. The molecule has 19 heavy (non-hydrogen) atoms. The van der Waals surface area contributed by atoms with Crippen molar-refractivity contribution < 1.29 is 13.9 Å². The molecule has 0 unspecified atom stereocenters. The van der Waals surface area contributed by atoms with Crippen LogP contribution in [0.15, 0.2) is 18.2 Å². The third-order valence-corrected chi connectivity index (χ3v) is 3.05. The molecule has 0 fully saturated rings. The standard InChI is InChI=1S/C14H19ClFNO2/c1-3-8-17(10-13(18)19-4-2)9-11-6-5-7-12(16)14(11)15/h5-7H,3-4,8-10H2,1-2H3. The van der Waals surface area contributed by atoms with E-state index in [2.05, 4.69) is 0 Å². The molecule has 0 saturated carbocycles. The Morgan fingerprint density at radius 2 is 2.16 bits per heavy atom. The molecule has 1 rings (SSSR count). The highest BCUT2D eigenvalue weighted by Crippen LogP contribution is 2.21. The van der Waals surface area contributed by atoms with Crippen LogP contribution >= 0.6 is 11.6 Å². The van der Waals surface area contributed by atoms with Gasteiger partial charge < -0.3 is 4.74 Å². The maximum absolute atomic E-state index is 13.4. The molecule has 0 aromatic heterocycles. The number of esters is 1. The molecule has 5 heteroatoms. The predicted molar refractivity (Wildman–Crippen MR) is 73.6 cm³/mol. The molecule has 1 aromatic rings. The van der Waals surface area contributed by atoms with Crippen LogP contribution in [-0.4, -0.2) is 30.6 Å². The Morgan fingerprint density at radius 1 is 1.42 bits per heavy atom. The number of rotatable bonds is 7. The Balaban J connectivity index is 2.72. The molecule has 0 atom stereocenters. The topological polar surface area (TPSA) is 29.5 Å². The average Bonchev–Trinajstić information content (AvgIpc) is 2.35. The summed E-state index contributed by atoms with van der Waals surface area (Å²) in [7, 11) is 0. The first-order valence-electron chi connectivity index (χ1n) is 6.39. The van der Waals surface area contributed by atoms with Crippen LogP contribution in [0.3, 0.4) is 0 Å².